The number of primary amides is 1. The molecule has 22 heavy (non-hydrogen) atoms. The molecule has 0 fully saturated rings. The molecule has 0 saturated carbocycles. The Kier molecular flexibility index (Phi) is 5.79. The second-order valence-electron chi connectivity index (χ2n) is 6.03. The normalized spacial score (nSPS) is 12.4. The van der Waals surface area contributed by atoms with Crippen molar-refractivity contribution in [1.29, 1.82) is 0 Å². The Morgan fingerprint density at radius 1 is 1.23 bits per heavy atom. The summed E-state index contributed by atoms with van der Waals surface area (Å²) in [6, 6.07) is 6.46. The summed E-state index contributed by atoms with van der Waals surface area (Å²) in [5.41, 5.74) is 5.53. The lowest BCUT2D eigenvalue weighted by Crippen LogP contribution is -2.47. The minimum atomic E-state index is -0.767. The van der Waals surface area contributed by atoms with Gasteiger partial charge in [-0.3, -0.25) is 9.69 Å². The molecule has 6 nitrogen and oxygen atoms in total. The second kappa shape index (κ2) is 7.15. The molecular formula is C16H24N2O4. The predicted molar refractivity (Wildman–Crippen MR) is 83.4 cm³/mol. The Labute approximate surface area is 131 Å². The molecule has 2 N–H and O–H groups in total. The van der Waals surface area contributed by atoms with Crippen LogP contribution in [0.25, 0.3) is 0 Å². The number of methoxy groups -OCH3 is 1. The van der Waals surface area contributed by atoms with Gasteiger partial charge in [-0.1, -0.05) is 12.1 Å². The summed E-state index contributed by atoms with van der Waals surface area (Å²) in [5.74, 6) is 0.134. The van der Waals surface area contributed by atoms with Crippen molar-refractivity contribution in [2.45, 2.75) is 45.9 Å². The number of amides is 2. The van der Waals surface area contributed by atoms with Gasteiger partial charge in [0.15, 0.2) is 0 Å². The largest absolute Gasteiger partial charge is 0.497 e. The number of hydrogen-bond donors (Lipinski definition) is 1. The Hall–Kier alpha value is -2.24. The lowest BCUT2D eigenvalue weighted by molar-refractivity contribution is -0.122. The van der Waals surface area contributed by atoms with E-state index in [1.807, 2.05) is 12.1 Å². The highest BCUT2D eigenvalue weighted by Crippen LogP contribution is 2.17. The van der Waals surface area contributed by atoms with Gasteiger partial charge in [0.2, 0.25) is 5.91 Å². The number of carbonyl (C=O) groups excluding carboxylic acids is 2. The molecule has 1 atom stereocenters. The Bertz CT molecular complexity index is 520. The van der Waals surface area contributed by atoms with Crippen LogP contribution < -0.4 is 10.5 Å². The quantitative estimate of drug-likeness (QED) is 0.905. The number of carbonyl (C=O) groups is 2. The number of ether oxygens (including phenoxy) is 2. The van der Waals surface area contributed by atoms with Crippen LogP contribution in [0.4, 0.5) is 4.79 Å². The summed E-state index contributed by atoms with van der Waals surface area (Å²) >= 11 is 0. The standard InChI is InChI=1S/C16H24N2O4/c1-11(14(17)19)18(15(20)22-16(2,3)4)10-12-6-8-13(21-5)9-7-12/h6-9,11H,10H2,1-5H3,(H2,17,19). The first-order valence-corrected chi connectivity index (χ1v) is 7.06. The zero-order valence-electron chi connectivity index (χ0n) is 13.8. The van der Waals surface area contributed by atoms with E-state index in [1.54, 1.807) is 46.9 Å². The molecular weight excluding hydrogens is 284 g/mol. The maximum atomic E-state index is 12.3. The van der Waals surface area contributed by atoms with Crippen molar-refractivity contribution < 1.29 is 19.1 Å². The number of hydrogen-bond acceptors (Lipinski definition) is 4. The molecule has 2 amide bonds. The van der Waals surface area contributed by atoms with Crippen molar-refractivity contribution in [1.82, 2.24) is 4.90 Å². The Morgan fingerprint density at radius 3 is 2.18 bits per heavy atom. The van der Waals surface area contributed by atoms with E-state index >= 15 is 0 Å². The van der Waals surface area contributed by atoms with Crippen molar-refractivity contribution in [3.05, 3.63) is 29.8 Å². The summed E-state index contributed by atoms with van der Waals surface area (Å²) in [6.07, 6.45) is -0.574. The van der Waals surface area contributed by atoms with E-state index in [1.165, 1.54) is 4.90 Å². The van der Waals surface area contributed by atoms with Gasteiger partial charge in [0.1, 0.15) is 17.4 Å². The topological polar surface area (TPSA) is 81.9 Å². The average Bonchev–Trinajstić information content (AvgIpc) is 2.42. The van der Waals surface area contributed by atoms with Crippen molar-refractivity contribution >= 4 is 12.0 Å². The molecule has 122 valence electrons. The average molecular weight is 308 g/mol. The van der Waals surface area contributed by atoms with E-state index in [-0.39, 0.29) is 6.54 Å². The van der Waals surface area contributed by atoms with Crippen molar-refractivity contribution in [2.75, 3.05) is 7.11 Å². The number of rotatable bonds is 5. The zero-order valence-corrected chi connectivity index (χ0v) is 13.8. The van der Waals surface area contributed by atoms with E-state index in [4.69, 9.17) is 15.2 Å². The minimum absolute atomic E-state index is 0.225. The number of nitrogens with two attached hydrogens (primary N) is 1. The van der Waals surface area contributed by atoms with Gasteiger partial charge in [-0.2, -0.15) is 0 Å². The molecule has 0 radical (unpaired) electrons. The molecule has 0 aliphatic carbocycles. The molecule has 1 rings (SSSR count). The fourth-order valence-corrected chi connectivity index (χ4v) is 1.76. The lowest BCUT2D eigenvalue weighted by atomic mass is 10.1. The Morgan fingerprint density at radius 2 is 1.77 bits per heavy atom. The van der Waals surface area contributed by atoms with Crippen LogP contribution in [0.5, 0.6) is 5.75 Å². The van der Waals surface area contributed by atoms with Gasteiger partial charge < -0.3 is 15.2 Å². The maximum Gasteiger partial charge on any atom is 0.411 e. The molecule has 0 bridgehead atoms. The van der Waals surface area contributed by atoms with Gasteiger partial charge in [0.05, 0.1) is 7.11 Å². The molecule has 6 heteroatoms. The highest BCUT2D eigenvalue weighted by atomic mass is 16.6. The predicted octanol–water partition coefficient (Wildman–Crippen LogP) is 2.31. The van der Waals surface area contributed by atoms with Crippen LogP contribution in [0.2, 0.25) is 0 Å². The van der Waals surface area contributed by atoms with E-state index in [0.717, 1.165) is 11.3 Å². The highest BCUT2D eigenvalue weighted by molar-refractivity contribution is 5.84. The van der Waals surface area contributed by atoms with Crippen LogP contribution in [0, 0.1) is 0 Å². The van der Waals surface area contributed by atoms with Crippen LogP contribution in [0.3, 0.4) is 0 Å². The fourth-order valence-electron chi connectivity index (χ4n) is 1.76. The number of benzene rings is 1. The van der Waals surface area contributed by atoms with E-state index < -0.39 is 23.6 Å². The molecule has 0 heterocycles. The van der Waals surface area contributed by atoms with E-state index in [0.29, 0.717) is 0 Å². The lowest BCUT2D eigenvalue weighted by Gasteiger charge is -2.30. The van der Waals surface area contributed by atoms with E-state index in [9.17, 15) is 9.59 Å². The monoisotopic (exact) mass is 308 g/mol. The maximum absolute atomic E-state index is 12.3. The molecule has 0 aliphatic heterocycles. The smallest absolute Gasteiger partial charge is 0.411 e. The van der Waals surface area contributed by atoms with Gasteiger partial charge in [-0.15, -0.1) is 0 Å². The third-order valence-corrected chi connectivity index (χ3v) is 3.02. The van der Waals surface area contributed by atoms with Gasteiger partial charge in [-0.25, -0.2) is 4.79 Å². The van der Waals surface area contributed by atoms with Crippen LogP contribution in [-0.4, -0.2) is 35.7 Å². The van der Waals surface area contributed by atoms with Crippen molar-refractivity contribution in [3.63, 3.8) is 0 Å². The van der Waals surface area contributed by atoms with Gasteiger partial charge in [0, 0.05) is 6.54 Å². The van der Waals surface area contributed by atoms with Gasteiger partial charge in [0.25, 0.3) is 0 Å². The second-order valence-corrected chi connectivity index (χ2v) is 6.03. The SMILES string of the molecule is COc1ccc(CN(C(=O)OC(C)(C)C)C(C)C(N)=O)cc1. The number of nitrogens with zero attached hydrogens (tertiary/aromatic N) is 1. The Balaban J connectivity index is 2.94. The molecule has 0 aliphatic rings. The summed E-state index contributed by atoms with van der Waals surface area (Å²) in [6.45, 7) is 7.11. The fraction of sp³-hybridized carbons (Fsp3) is 0.500. The summed E-state index contributed by atoms with van der Waals surface area (Å²) < 4.78 is 10.4. The van der Waals surface area contributed by atoms with Gasteiger partial charge >= 0.3 is 6.09 Å². The summed E-state index contributed by atoms with van der Waals surface area (Å²) in [7, 11) is 1.58. The molecule has 1 aromatic rings. The van der Waals surface area contributed by atoms with Crippen LogP contribution in [0.1, 0.15) is 33.3 Å². The molecule has 0 aromatic heterocycles. The highest BCUT2D eigenvalue weighted by Gasteiger charge is 2.28. The molecule has 0 saturated heterocycles. The third-order valence-electron chi connectivity index (χ3n) is 3.02. The van der Waals surface area contributed by atoms with E-state index in [2.05, 4.69) is 0 Å². The molecule has 1 unspecified atom stereocenters. The molecule has 0 spiro atoms. The van der Waals surface area contributed by atoms with Crippen molar-refractivity contribution in [2.24, 2.45) is 5.73 Å². The van der Waals surface area contributed by atoms with Crippen LogP contribution in [-0.2, 0) is 16.1 Å². The first-order valence-electron chi connectivity index (χ1n) is 7.06. The van der Waals surface area contributed by atoms with Crippen LogP contribution >= 0.6 is 0 Å². The van der Waals surface area contributed by atoms with Crippen LogP contribution in [0.15, 0.2) is 24.3 Å². The summed E-state index contributed by atoms with van der Waals surface area (Å²) in [5, 5.41) is 0. The first kappa shape index (κ1) is 17.8. The summed E-state index contributed by atoms with van der Waals surface area (Å²) in [4.78, 5) is 25.1. The van der Waals surface area contributed by atoms with Crippen molar-refractivity contribution in [3.8, 4) is 5.75 Å². The molecule has 1 aromatic carbocycles. The minimum Gasteiger partial charge on any atom is -0.497 e. The zero-order chi connectivity index (χ0) is 16.9. The third kappa shape index (κ3) is 5.27. The van der Waals surface area contributed by atoms with Gasteiger partial charge in [-0.05, 0) is 45.4 Å². The first-order chi connectivity index (χ1) is 10.1.